The number of methoxy groups -OCH3 is 1. The van der Waals surface area contributed by atoms with Crippen molar-refractivity contribution in [2.75, 3.05) is 18.7 Å². The van der Waals surface area contributed by atoms with Crippen molar-refractivity contribution in [2.45, 2.75) is 11.4 Å². The van der Waals surface area contributed by atoms with E-state index in [1.165, 1.54) is 18.2 Å². The van der Waals surface area contributed by atoms with Crippen LogP contribution in [0.5, 0.6) is 5.75 Å². The van der Waals surface area contributed by atoms with Gasteiger partial charge >= 0.3 is 0 Å². The van der Waals surface area contributed by atoms with Crippen molar-refractivity contribution in [1.82, 2.24) is 0 Å². The zero-order valence-electron chi connectivity index (χ0n) is 16.0. The second kappa shape index (κ2) is 8.32. The molecule has 3 aromatic carbocycles. The van der Waals surface area contributed by atoms with E-state index < -0.39 is 20.4 Å². The van der Waals surface area contributed by atoms with Gasteiger partial charge in [-0.3, -0.25) is 10.1 Å². The summed E-state index contributed by atoms with van der Waals surface area (Å²) in [6, 6.07) is 19.7. The Morgan fingerprint density at radius 1 is 0.966 bits per heavy atom. The Bertz CT molecular complexity index is 1120. The third-order valence-corrected chi connectivity index (χ3v) is 5.56. The Hall–Kier alpha value is -3.39. The van der Waals surface area contributed by atoms with Crippen LogP contribution in [0.15, 0.2) is 71.6 Å². The van der Waals surface area contributed by atoms with Crippen LogP contribution >= 0.6 is 0 Å². The van der Waals surface area contributed by atoms with Crippen LogP contribution < -0.4 is 10.1 Å². The average molecular weight is 412 g/mol. The van der Waals surface area contributed by atoms with E-state index in [0.29, 0.717) is 12.2 Å². The van der Waals surface area contributed by atoms with Crippen molar-refractivity contribution < 1.29 is 18.1 Å². The highest BCUT2D eigenvalue weighted by Gasteiger charge is 2.22. The van der Waals surface area contributed by atoms with Crippen LogP contribution in [0.2, 0.25) is 0 Å². The molecule has 0 unspecified atom stereocenters. The van der Waals surface area contributed by atoms with Gasteiger partial charge in [0, 0.05) is 24.6 Å². The van der Waals surface area contributed by atoms with Gasteiger partial charge in [-0.1, -0.05) is 36.4 Å². The van der Waals surface area contributed by atoms with Crippen molar-refractivity contribution >= 4 is 21.2 Å². The fraction of sp³-hybridized carbons (Fsp3) is 0.143. The standard InChI is InChI=1S/C21H20N2O5S/c1-28-19-10-7-17(8-11-19)16-5-3-15(4-6-16)14-22-18-9-12-20(23(24)25)21(13-18)29(2,26)27/h3-13,22H,14H2,1-2H3. The highest BCUT2D eigenvalue weighted by atomic mass is 32.2. The molecule has 0 aliphatic heterocycles. The van der Waals surface area contributed by atoms with Crippen molar-refractivity contribution in [3.63, 3.8) is 0 Å². The monoisotopic (exact) mass is 412 g/mol. The Kier molecular flexibility index (Phi) is 5.84. The molecule has 0 fully saturated rings. The Morgan fingerprint density at radius 2 is 1.55 bits per heavy atom. The fourth-order valence-electron chi connectivity index (χ4n) is 2.87. The first-order valence-corrected chi connectivity index (χ1v) is 10.6. The van der Waals surface area contributed by atoms with Gasteiger partial charge in [0.15, 0.2) is 9.84 Å². The number of sulfone groups is 1. The van der Waals surface area contributed by atoms with E-state index in [1.807, 2.05) is 48.5 Å². The van der Waals surface area contributed by atoms with Gasteiger partial charge in [-0.25, -0.2) is 8.42 Å². The molecule has 0 bridgehead atoms. The first kappa shape index (κ1) is 20.3. The quantitative estimate of drug-likeness (QED) is 0.459. The van der Waals surface area contributed by atoms with Crippen LogP contribution in [0, 0.1) is 10.1 Å². The number of nitrogens with one attached hydrogen (secondary N) is 1. The highest BCUT2D eigenvalue weighted by molar-refractivity contribution is 7.90. The average Bonchev–Trinajstić information content (AvgIpc) is 2.72. The Balaban J connectivity index is 1.73. The van der Waals surface area contributed by atoms with Crippen molar-refractivity contribution in [3.05, 3.63) is 82.4 Å². The molecule has 0 spiro atoms. The van der Waals surface area contributed by atoms with Gasteiger partial charge in [0.25, 0.3) is 5.69 Å². The molecule has 1 N–H and O–H groups in total. The van der Waals surface area contributed by atoms with Crippen LogP contribution in [-0.4, -0.2) is 26.7 Å². The summed E-state index contributed by atoms with van der Waals surface area (Å²) >= 11 is 0. The molecule has 150 valence electrons. The minimum absolute atomic E-state index is 0.303. The molecule has 8 heteroatoms. The molecule has 0 aliphatic carbocycles. The molecule has 0 amide bonds. The lowest BCUT2D eigenvalue weighted by Crippen LogP contribution is -2.05. The molecular formula is C21H20N2O5S. The molecule has 3 rings (SSSR count). The van der Waals surface area contributed by atoms with E-state index in [2.05, 4.69) is 5.32 Å². The predicted molar refractivity (Wildman–Crippen MR) is 112 cm³/mol. The van der Waals surface area contributed by atoms with E-state index >= 15 is 0 Å². The van der Waals surface area contributed by atoms with E-state index in [4.69, 9.17) is 4.74 Å². The summed E-state index contributed by atoms with van der Waals surface area (Å²) in [5.74, 6) is 0.797. The van der Waals surface area contributed by atoms with E-state index in [-0.39, 0.29) is 4.90 Å². The van der Waals surface area contributed by atoms with Gasteiger partial charge in [-0.15, -0.1) is 0 Å². The number of benzene rings is 3. The van der Waals surface area contributed by atoms with Crippen LogP contribution in [0.4, 0.5) is 11.4 Å². The number of rotatable bonds is 7. The number of hydrogen-bond acceptors (Lipinski definition) is 6. The largest absolute Gasteiger partial charge is 0.497 e. The summed E-state index contributed by atoms with van der Waals surface area (Å²) in [5.41, 5.74) is 3.18. The van der Waals surface area contributed by atoms with Gasteiger partial charge < -0.3 is 10.1 Å². The maximum Gasteiger partial charge on any atom is 0.288 e. The van der Waals surface area contributed by atoms with Crippen LogP contribution in [0.3, 0.4) is 0 Å². The maximum atomic E-state index is 11.9. The Morgan fingerprint density at radius 3 is 2.07 bits per heavy atom. The van der Waals surface area contributed by atoms with Crippen molar-refractivity contribution in [1.29, 1.82) is 0 Å². The molecule has 0 saturated carbocycles. The summed E-state index contributed by atoms with van der Waals surface area (Å²) < 4.78 is 28.9. The summed E-state index contributed by atoms with van der Waals surface area (Å²) in [4.78, 5) is 10.1. The number of hydrogen-bond donors (Lipinski definition) is 1. The summed E-state index contributed by atoms with van der Waals surface area (Å²) in [6.45, 7) is 0.448. The van der Waals surface area contributed by atoms with Crippen LogP contribution in [0.25, 0.3) is 11.1 Å². The highest BCUT2D eigenvalue weighted by Crippen LogP contribution is 2.27. The van der Waals surface area contributed by atoms with Crippen molar-refractivity contribution in [2.24, 2.45) is 0 Å². The molecule has 0 atom stereocenters. The first-order chi connectivity index (χ1) is 13.8. The molecule has 3 aromatic rings. The number of ether oxygens (including phenoxy) is 1. The molecule has 0 radical (unpaired) electrons. The minimum atomic E-state index is -3.72. The number of nitro benzene ring substituents is 1. The molecule has 0 aliphatic rings. The minimum Gasteiger partial charge on any atom is -0.497 e. The van der Waals surface area contributed by atoms with Gasteiger partial charge in [0.2, 0.25) is 0 Å². The predicted octanol–water partition coefficient (Wildman–Crippen LogP) is 4.29. The first-order valence-electron chi connectivity index (χ1n) is 8.73. The molecule has 7 nitrogen and oxygen atoms in total. The normalized spacial score (nSPS) is 11.1. The summed E-state index contributed by atoms with van der Waals surface area (Å²) in [7, 11) is -2.09. The topological polar surface area (TPSA) is 98.5 Å². The van der Waals surface area contributed by atoms with E-state index in [0.717, 1.165) is 28.7 Å². The zero-order chi connectivity index (χ0) is 21.0. The molecular weight excluding hydrogens is 392 g/mol. The molecule has 0 saturated heterocycles. The number of nitro groups is 1. The summed E-state index contributed by atoms with van der Waals surface area (Å²) in [5, 5.41) is 14.2. The van der Waals surface area contributed by atoms with Crippen molar-refractivity contribution in [3.8, 4) is 16.9 Å². The smallest absolute Gasteiger partial charge is 0.288 e. The van der Waals surface area contributed by atoms with Gasteiger partial charge in [-0.2, -0.15) is 0 Å². The van der Waals surface area contributed by atoms with E-state index in [1.54, 1.807) is 7.11 Å². The lowest BCUT2D eigenvalue weighted by molar-refractivity contribution is -0.387. The lowest BCUT2D eigenvalue weighted by Gasteiger charge is -2.10. The summed E-state index contributed by atoms with van der Waals surface area (Å²) in [6.07, 6.45) is 0.955. The van der Waals surface area contributed by atoms with Gasteiger partial charge in [-0.05, 0) is 41.0 Å². The van der Waals surface area contributed by atoms with Crippen LogP contribution in [-0.2, 0) is 16.4 Å². The number of nitrogens with zero attached hydrogens (tertiary/aromatic N) is 1. The lowest BCUT2D eigenvalue weighted by atomic mass is 10.0. The third-order valence-electron chi connectivity index (χ3n) is 4.43. The Labute approximate surface area is 169 Å². The third kappa shape index (κ3) is 4.91. The van der Waals surface area contributed by atoms with Gasteiger partial charge in [0.1, 0.15) is 10.6 Å². The second-order valence-electron chi connectivity index (χ2n) is 6.49. The second-order valence-corrected chi connectivity index (χ2v) is 8.47. The number of anilines is 1. The zero-order valence-corrected chi connectivity index (χ0v) is 16.8. The molecule has 29 heavy (non-hydrogen) atoms. The van der Waals surface area contributed by atoms with E-state index in [9.17, 15) is 18.5 Å². The SMILES string of the molecule is COc1ccc(-c2ccc(CNc3ccc([N+](=O)[O-])c(S(C)(=O)=O)c3)cc2)cc1. The fourth-order valence-corrected chi connectivity index (χ4v) is 3.74. The molecule has 0 heterocycles. The van der Waals surface area contributed by atoms with Gasteiger partial charge in [0.05, 0.1) is 12.0 Å². The van der Waals surface area contributed by atoms with Crippen LogP contribution in [0.1, 0.15) is 5.56 Å². The molecule has 0 aromatic heterocycles. The maximum absolute atomic E-state index is 11.9.